The Morgan fingerprint density at radius 1 is 1.43 bits per heavy atom. The third-order valence-corrected chi connectivity index (χ3v) is 5.79. The third kappa shape index (κ3) is 3.59. The third-order valence-electron chi connectivity index (χ3n) is 3.76. The van der Waals surface area contributed by atoms with Gasteiger partial charge in [-0.3, -0.25) is 0 Å². The highest BCUT2D eigenvalue weighted by molar-refractivity contribution is 7.90. The zero-order valence-electron chi connectivity index (χ0n) is 12.0. The summed E-state index contributed by atoms with van der Waals surface area (Å²) in [5.74, 6) is -1.44. The number of hydrogen-bond acceptors (Lipinski definition) is 3. The first-order chi connectivity index (χ1) is 9.85. The molecule has 3 unspecified atom stereocenters. The lowest BCUT2D eigenvalue weighted by Crippen LogP contribution is -2.40. The SMILES string of the molecule is CCC(NS(=O)(=O)C1CCOC1C)c1ccc(F)cc1F. The van der Waals surface area contributed by atoms with Crippen LogP contribution in [0.1, 0.15) is 38.3 Å². The Kier molecular flexibility index (Phi) is 4.95. The van der Waals surface area contributed by atoms with Crippen molar-refractivity contribution in [2.45, 2.75) is 44.1 Å². The van der Waals surface area contributed by atoms with Crippen LogP contribution in [0.5, 0.6) is 0 Å². The summed E-state index contributed by atoms with van der Waals surface area (Å²) in [5.41, 5.74) is 0.147. The molecule has 3 atom stereocenters. The van der Waals surface area contributed by atoms with Gasteiger partial charge in [0, 0.05) is 24.3 Å². The highest BCUT2D eigenvalue weighted by atomic mass is 32.2. The fourth-order valence-corrected chi connectivity index (χ4v) is 4.41. The number of benzene rings is 1. The number of rotatable bonds is 5. The van der Waals surface area contributed by atoms with Crippen LogP contribution in [0.2, 0.25) is 0 Å². The van der Waals surface area contributed by atoms with Crippen molar-refractivity contribution in [3.8, 4) is 0 Å². The van der Waals surface area contributed by atoms with E-state index in [2.05, 4.69) is 4.72 Å². The summed E-state index contributed by atoms with van der Waals surface area (Å²) in [6, 6.07) is 2.43. The summed E-state index contributed by atoms with van der Waals surface area (Å²) in [5, 5.41) is -0.643. The van der Waals surface area contributed by atoms with Gasteiger partial charge in [-0.1, -0.05) is 13.0 Å². The Balaban J connectivity index is 2.22. The molecule has 1 aliphatic heterocycles. The lowest BCUT2D eigenvalue weighted by atomic mass is 10.1. The number of nitrogens with one attached hydrogen (secondary N) is 1. The van der Waals surface area contributed by atoms with E-state index < -0.39 is 39.1 Å². The fraction of sp³-hybridized carbons (Fsp3) is 0.571. The second-order valence-electron chi connectivity index (χ2n) is 5.19. The Morgan fingerprint density at radius 3 is 2.67 bits per heavy atom. The summed E-state index contributed by atoms with van der Waals surface area (Å²) in [6.45, 7) is 3.84. The number of hydrogen-bond donors (Lipinski definition) is 1. The van der Waals surface area contributed by atoms with Crippen molar-refractivity contribution in [2.24, 2.45) is 0 Å². The Hall–Kier alpha value is -1.05. The average Bonchev–Trinajstić information content (AvgIpc) is 2.84. The molecule has 1 aromatic carbocycles. The highest BCUT2D eigenvalue weighted by Gasteiger charge is 2.37. The Labute approximate surface area is 123 Å². The first-order valence-corrected chi connectivity index (χ1v) is 8.47. The molecule has 7 heteroatoms. The maximum Gasteiger partial charge on any atom is 0.217 e. The van der Waals surface area contributed by atoms with E-state index in [1.54, 1.807) is 13.8 Å². The molecule has 21 heavy (non-hydrogen) atoms. The maximum absolute atomic E-state index is 13.8. The molecule has 1 saturated heterocycles. The van der Waals surface area contributed by atoms with Crippen molar-refractivity contribution in [1.29, 1.82) is 0 Å². The van der Waals surface area contributed by atoms with Crippen molar-refractivity contribution < 1.29 is 21.9 Å². The second-order valence-corrected chi connectivity index (χ2v) is 7.12. The molecule has 0 saturated carbocycles. The number of sulfonamides is 1. The normalized spacial score (nSPS) is 24.2. The molecule has 4 nitrogen and oxygen atoms in total. The van der Waals surface area contributed by atoms with Crippen molar-refractivity contribution in [3.63, 3.8) is 0 Å². The average molecular weight is 319 g/mol. The quantitative estimate of drug-likeness (QED) is 0.907. The van der Waals surface area contributed by atoms with E-state index in [9.17, 15) is 17.2 Å². The summed E-state index contributed by atoms with van der Waals surface area (Å²) < 4.78 is 59.3. The van der Waals surface area contributed by atoms with Gasteiger partial charge in [-0.2, -0.15) is 0 Å². The lowest BCUT2D eigenvalue weighted by molar-refractivity contribution is 0.126. The molecule has 1 N–H and O–H groups in total. The van der Waals surface area contributed by atoms with E-state index in [0.29, 0.717) is 19.4 Å². The van der Waals surface area contributed by atoms with Crippen molar-refractivity contribution >= 4 is 10.0 Å². The first-order valence-electron chi connectivity index (χ1n) is 6.93. The molecule has 118 valence electrons. The van der Waals surface area contributed by atoms with Gasteiger partial charge in [0.15, 0.2) is 0 Å². The van der Waals surface area contributed by atoms with E-state index in [-0.39, 0.29) is 5.56 Å². The second kappa shape index (κ2) is 6.37. The molecule has 1 aromatic rings. The molecule has 1 heterocycles. The highest BCUT2D eigenvalue weighted by Crippen LogP contribution is 2.26. The molecule has 1 aliphatic rings. The predicted molar refractivity (Wildman–Crippen MR) is 75.3 cm³/mol. The van der Waals surface area contributed by atoms with Gasteiger partial charge < -0.3 is 4.74 Å². The van der Waals surface area contributed by atoms with Gasteiger partial charge >= 0.3 is 0 Å². The topological polar surface area (TPSA) is 55.4 Å². The van der Waals surface area contributed by atoms with Crippen molar-refractivity contribution in [3.05, 3.63) is 35.4 Å². The minimum absolute atomic E-state index is 0.147. The van der Waals surface area contributed by atoms with Gasteiger partial charge in [-0.15, -0.1) is 0 Å². The molecular formula is C14H19F2NO3S. The van der Waals surface area contributed by atoms with Crippen LogP contribution >= 0.6 is 0 Å². The zero-order chi connectivity index (χ0) is 15.6. The van der Waals surface area contributed by atoms with Crippen LogP contribution in [0.15, 0.2) is 18.2 Å². The van der Waals surface area contributed by atoms with Crippen LogP contribution in [0.25, 0.3) is 0 Å². The van der Waals surface area contributed by atoms with Gasteiger partial charge in [0.2, 0.25) is 10.0 Å². The Bertz CT molecular complexity index is 606. The molecule has 0 radical (unpaired) electrons. The minimum atomic E-state index is -3.63. The van der Waals surface area contributed by atoms with E-state index in [4.69, 9.17) is 4.74 Å². The molecule has 0 bridgehead atoms. The largest absolute Gasteiger partial charge is 0.377 e. The van der Waals surface area contributed by atoms with Gasteiger partial charge in [0.05, 0.1) is 6.10 Å². The van der Waals surface area contributed by atoms with Crippen LogP contribution in [0.4, 0.5) is 8.78 Å². The van der Waals surface area contributed by atoms with Crippen LogP contribution in [0, 0.1) is 11.6 Å². The van der Waals surface area contributed by atoms with Crippen LogP contribution in [0.3, 0.4) is 0 Å². The molecule has 0 aliphatic carbocycles. The van der Waals surface area contributed by atoms with E-state index in [1.165, 1.54) is 6.07 Å². The molecule has 0 amide bonds. The monoisotopic (exact) mass is 319 g/mol. The molecular weight excluding hydrogens is 300 g/mol. The van der Waals surface area contributed by atoms with Crippen molar-refractivity contribution in [1.82, 2.24) is 4.72 Å². The standard InChI is InChI=1S/C14H19F2NO3S/c1-3-13(11-5-4-10(15)8-12(11)16)17-21(18,19)14-6-7-20-9(14)2/h4-5,8-9,13-14,17H,3,6-7H2,1-2H3. The van der Waals surface area contributed by atoms with E-state index >= 15 is 0 Å². The maximum atomic E-state index is 13.8. The van der Waals surface area contributed by atoms with Crippen LogP contribution in [-0.4, -0.2) is 26.4 Å². The molecule has 2 rings (SSSR count). The fourth-order valence-electron chi connectivity index (χ4n) is 2.56. The lowest BCUT2D eigenvalue weighted by Gasteiger charge is -2.22. The van der Waals surface area contributed by atoms with Gasteiger partial charge in [0.25, 0.3) is 0 Å². The van der Waals surface area contributed by atoms with E-state index in [1.807, 2.05) is 0 Å². The van der Waals surface area contributed by atoms with Crippen molar-refractivity contribution in [2.75, 3.05) is 6.61 Å². The van der Waals surface area contributed by atoms with Gasteiger partial charge in [0.1, 0.15) is 16.9 Å². The van der Waals surface area contributed by atoms with Crippen LogP contribution in [-0.2, 0) is 14.8 Å². The zero-order valence-corrected chi connectivity index (χ0v) is 12.8. The number of halogens is 2. The van der Waals surface area contributed by atoms with Gasteiger partial charge in [-0.25, -0.2) is 21.9 Å². The van der Waals surface area contributed by atoms with E-state index in [0.717, 1.165) is 12.1 Å². The molecule has 1 fully saturated rings. The summed E-state index contributed by atoms with van der Waals surface area (Å²) in [4.78, 5) is 0. The summed E-state index contributed by atoms with van der Waals surface area (Å²) in [7, 11) is -3.63. The van der Waals surface area contributed by atoms with Gasteiger partial charge in [-0.05, 0) is 25.8 Å². The molecule has 0 spiro atoms. The summed E-state index contributed by atoms with van der Waals surface area (Å²) in [6.07, 6.45) is 0.390. The van der Waals surface area contributed by atoms with Crippen LogP contribution < -0.4 is 4.72 Å². The first kappa shape index (κ1) is 16.3. The Morgan fingerprint density at radius 2 is 2.14 bits per heavy atom. The predicted octanol–water partition coefficient (Wildman–Crippen LogP) is 2.51. The number of ether oxygens (including phenoxy) is 1. The minimum Gasteiger partial charge on any atom is -0.377 e. The smallest absolute Gasteiger partial charge is 0.217 e. The molecule has 0 aromatic heterocycles. The summed E-state index contributed by atoms with van der Waals surface area (Å²) >= 11 is 0.